The lowest BCUT2D eigenvalue weighted by Crippen LogP contribution is -2.40. The Morgan fingerprint density at radius 3 is 2.33 bits per heavy atom. The van der Waals surface area contributed by atoms with Crippen molar-refractivity contribution >= 4 is 11.8 Å². The summed E-state index contributed by atoms with van der Waals surface area (Å²) >= 11 is 0. The van der Waals surface area contributed by atoms with Gasteiger partial charge in [0.2, 0.25) is 5.91 Å². The zero-order chi connectivity index (χ0) is 18.8. The number of fused-ring (bicyclic) bond motifs is 1. The smallest absolute Gasteiger partial charge is 0.251 e. The van der Waals surface area contributed by atoms with Crippen molar-refractivity contribution < 1.29 is 9.59 Å². The van der Waals surface area contributed by atoms with E-state index in [2.05, 4.69) is 41.5 Å². The first-order valence-electron chi connectivity index (χ1n) is 9.49. The summed E-state index contributed by atoms with van der Waals surface area (Å²) in [6, 6.07) is 19.9. The maximum atomic E-state index is 12.6. The number of rotatable bonds is 4. The van der Waals surface area contributed by atoms with Gasteiger partial charge in [0, 0.05) is 37.2 Å². The molecule has 3 atom stereocenters. The summed E-state index contributed by atoms with van der Waals surface area (Å²) in [6.45, 7) is 2.59. The van der Waals surface area contributed by atoms with Gasteiger partial charge in [0.25, 0.3) is 5.91 Å². The highest BCUT2D eigenvalue weighted by atomic mass is 16.2. The average Bonchev–Trinajstić information content (AvgIpc) is 3.23. The molecule has 0 spiro atoms. The largest absolute Gasteiger partial charge is 0.343 e. The molecule has 27 heavy (non-hydrogen) atoms. The quantitative estimate of drug-likeness (QED) is 0.906. The second-order valence-corrected chi connectivity index (χ2v) is 7.57. The van der Waals surface area contributed by atoms with Crippen LogP contribution in [0.2, 0.25) is 0 Å². The monoisotopic (exact) mass is 363 g/mol. The van der Waals surface area contributed by atoms with Crippen molar-refractivity contribution in [2.75, 3.05) is 33.2 Å². The van der Waals surface area contributed by atoms with Crippen LogP contribution in [0.5, 0.6) is 0 Å². The van der Waals surface area contributed by atoms with Crippen molar-refractivity contribution in [2.45, 2.75) is 6.04 Å². The summed E-state index contributed by atoms with van der Waals surface area (Å²) in [7, 11) is 2.17. The molecule has 0 bridgehead atoms. The van der Waals surface area contributed by atoms with Crippen LogP contribution in [0.15, 0.2) is 60.7 Å². The van der Waals surface area contributed by atoms with Crippen LogP contribution in [-0.4, -0.2) is 54.8 Å². The molecule has 0 saturated carbocycles. The lowest BCUT2D eigenvalue weighted by atomic mass is 9.90. The Hall–Kier alpha value is -2.66. The maximum absolute atomic E-state index is 12.6. The van der Waals surface area contributed by atoms with Gasteiger partial charge in [-0.15, -0.1) is 0 Å². The summed E-state index contributed by atoms with van der Waals surface area (Å²) < 4.78 is 0. The fraction of sp³-hybridized carbons (Fsp3) is 0.364. The molecule has 2 saturated heterocycles. The molecule has 0 aromatic heterocycles. The number of amides is 2. The third-order valence-electron chi connectivity index (χ3n) is 5.82. The van der Waals surface area contributed by atoms with E-state index in [9.17, 15) is 9.59 Å². The summed E-state index contributed by atoms with van der Waals surface area (Å²) in [5.74, 6) is 0.744. The Balaban J connectivity index is 1.37. The highest BCUT2D eigenvalue weighted by Crippen LogP contribution is 2.43. The molecule has 2 aromatic rings. The second-order valence-electron chi connectivity index (χ2n) is 7.57. The topological polar surface area (TPSA) is 52.6 Å². The van der Waals surface area contributed by atoms with Gasteiger partial charge >= 0.3 is 0 Å². The lowest BCUT2D eigenvalue weighted by Gasteiger charge is -2.27. The molecule has 2 aromatic carbocycles. The number of carbonyl (C=O) groups excluding carboxylic acids is 2. The maximum Gasteiger partial charge on any atom is 0.251 e. The zero-order valence-electron chi connectivity index (χ0n) is 15.5. The minimum absolute atomic E-state index is 0.00291. The first kappa shape index (κ1) is 17.7. The normalized spacial score (nSPS) is 24.6. The van der Waals surface area contributed by atoms with Crippen LogP contribution in [-0.2, 0) is 4.79 Å². The minimum atomic E-state index is -0.203. The molecule has 2 heterocycles. The first-order chi connectivity index (χ1) is 13.1. The molecule has 140 valence electrons. The van der Waals surface area contributed by atoms with Crippen LogP contribution in [0.4, 0.5) is 0 Å². The third kappa shape index (κ3) is 3.60. The summed E-state index contributed by atoms with van der Waals surface area (Å²) in [4.78, 5) is 29.1. The van der Waals surface area contributed by atoms with E-state index < -0.39 is 0 Å². The highest BCUT2D eigenvalue weighted by Gasteiger charge is 2.47. The lowest BCUT2D eigenvalue weighted by molar-refractivity contribution is -0.129. The molecule has 0 unspecified atom stereocenters. The number of hydrogen-bond acceptors (Lipinski definition) is 3. The van der Waals surface area contributed by atoms with Gasteiger partial charge in [0.05, 0.1) is 6.54 Å². The number of likely N-dealkylation sites (tertiary alicyclic amines) is 2. The van der Waals surface area contributed by atoms with Gasteiger partial charge in [-0.1, -0.05) is 48.5 Å². The van der Waals surface area contributed by atoms with Gasteiger partial charge in [-0.25, -0.2) is 0 Å². The van der Waals surface area contributed by atoms with Gasteiger partial charge in [0.15, 0.2) is 0 Å². The van der Waals surface area contributed by atoms with Crippen molar-refractivity contribution in [1.82, 2.24) is 15.1 Å². The van der Waals surface area contributed by atoms with E-state index in [1.807, 2.05) is 29.2 Å². The molecule has 1 N–H and O–H groups in total. The van der Waals surface area contributed by atoms with E-state index >= 15 is 0 Å². The number of hydrogen-bond donors (Lipinski definition) is 1. The number of benzene rings is 2. The zero-order valence-corrected chi connectivity index (χ0v) is 15.5. The highest BCUT2D eigenvalue weighted by molar-refractivity contribution is 5.96. The summed E-state index contributed by atoms with van der Waals surface area (Å²) in [6.07, 6.45) is 0. The predicted molar refractivity (Wildman–Crippen MR) is 104 cm³/mol. The second kappa shape index (κ2) is 7.53. The van der Waals surface area contributed by atoms with E-state index in [1.54, 1.807) is 12.1 Å². The van der Waals surface area contributed by atoms with Gasteiger partial charge in [0.1, 0.15) is 0 Å². The SMILES string of the molecule is CN1C[C@H]2CN(C(=O)CNC(=O)c3ccccc3)C[C@H]2[C@@H]1c1ccccc1. The van der Waals surface area contributed by atoms with Crippen LogP contribution >= 0.6 is 0 Å². The summed E-state index contributed by atoms with van der Waals surface area (Å²) in [5.41, 5.74) is 1.90. The van der Waals surface area contributed by atoms with E-state index in [1.165, 1.54) is 5.56 Å². The van der Waals surface area contributed by atoms with Gasteiger partial charge < -0.3 is 10.2 Å². The molecule has 5 nitrogen and oxygen atoms in total. The molecule has 0 aliphatic carbocycles. The molecule has 2 aliphatic rings. The van der Waals surface area contributed by atoms with E-state index in [4.69, 9.17) is 0 Å². The van der Waals surface area contributed by atoms with Crippen LogP contribution in [0, 0.1) is 11.8 Å². The molecule has 2 amide bonds. The fourth-order valence-corrected chi connectivity index (χ4v) is 4.57. The Bertz CT molecular complexity index is 809. The molecule has 2 fully saturated rings. The third-order valence-corrected chi connectivity index (χ3v) is 5.82. The summed E-state index contributed by atoms with van der Waals surface area (Å²) in [5, 5.41) is 2.75. The number of nitrogens with one attached hydrogen (secondary N) is 1. The first-order valence-corrected chi connectivity index (χ1v) is 9.49. The van der Waals surface area contributed by atoms with Crippen molar-refractivity contribution in [1.29, 1.82) is 0 Å². The van der Waals surface area contributed by atoms with Crippen LogP contribution in [0.3, 0.4) is 0 Å². The molecular formula is C22H25N3O2. The number of carbonyl (C=O) groups is 2. The molecular weight excluding hydrogens is 338 g/mol. The standard InChI is InChI=1S/C22H25N3O2/c1-24-13-18-14-25(15-19(18)21(24)16-8-4-2-5-9-16)20(26)12-23-22(27)17-10-6-3-7-11-17/h2-11,18-19,21H,12-15H2,1H3,(H,23,27)/t18-,19+,21-/m0/s1. The van der Waals surface area contributed by atoms with Crippen molar-refractivity contribution in [3.05, 3.63) is 71.8 Å². The van der Waals surface area contributed by atoms with E-state index in [0.29, 0.717) is 23.4 Å². The van der Waals surface area contributed by atoms with E-state index in [0.717, 1.165) is 19.6 Å². The molecule has 2 aliphatic heterocycles. The van der Waals surface area contributed by atoms with Crippen molar-refractivity contribution in [3.8, 4) is 0 Å². The minimum Gasteiger partial charge on any atom is -0.343 e. The van der Waals surface area contributed by atoms with Gasteiger partial charge in [-0.05, 0) is 30.7 Å². The Morgan fingerprint density at radius 2 is 1.63 bits per heavy atom. The van der Waals surface area contributed by atoms with Crippen LogP contribution in [0.25, 0.3) is 0 Å². The van der Waals surface area contributed by atoms with Crippen LogP contribution < -0.4 is 5.32 Å². The van der Waals surface area contributed by atoms with Gasteiger partial charge in [-0.3, -0.25) is 14.5 Å². The molecule has 4 rings (SSSR count). The van der Waals surface area contributed by atoms with E-state index in [-0.39, 0.29) is 18.4 Å². The van der Waals surface area contributed by atoms with Crippen molar-refractivity contribution in [3.63, 3.8) is 0 Å². The predicted octanol–water partition coefficient (Wildman–Crippen LogP) is 2.18. The van der Waals surface area contributed by atoms with Crippen LogP contribution in [0.1, 0.15) is 22.0 Å². The molecule has 5 heteroatoms. The number of nitrogens with zero attached hydrogens (tertiary/aromatic N) is 2. The van der Waals surface area contributed by atoms with Crippen molar-refractivity contribution in [2.24, 2.45) is 11.8 Å². The fourth-order valence-electron chi connectivity index (χ4n) is 4.57. The Labute approximate surface area is 160 Å². The molecule has 0 radical (unpaired) electrons. The van der Waals surface area contributed by atoms with Gasteiger partial charge in [-0.2, -0.15) is 0 Å². The Morgan fingerprint density at radius 1 is 0.963 bits per heavy atom. The average molecular weight is 363 g/mol. The Kier molecular flexibility index (Phi) is 4.94.